The van der Waals surface area contributed by atoms with Gasteiger partial charge in [0.15, 0.2) is 15.5 Å². The van der Waals surface area contributed by atoms with Crippen LogP contribution in [-0.4, -0.2) is 43.8 Å². The van der Waals surface area contributed by atoms with Gasteiger partial charge in [-0.05, 0) is 13.8 Å². The third-order valence-electron chi connectivity index (χ3n) is 3.43. The van der Waals surface area contributed by atoms with Crippen molar-refractivity contribution in [1.82, 2.24) is 15.3 Å². The molecule has 0 aromatic carbocycles. The summed E-state index contributed by atoms with van der Waals surface area (Å²) in [5.74, 6) is -0.386. The topological polar surface area (TPSA) is 98.2 Å². The van der Waals surface area contributed by atoms with Gasteiger partial charge in [-0.2, -0.15) is 0 Å². The summed E-state index contributed by atoms with van der Waals surface area (Å²) in [7, 11) is -3.33. The van der Waals surface area contributed by atoms with E-state index in [1.165, 1.54) is 6.92 Å². The number of carbonyl (C=O) groups is 1. The highest BCUT2D eigenvalue weighted by molar-refractivity contribution is 7.90. The number of ether oxygens (including phenoxy) is 1. The zero-order valence-electron chi connectivity index (χ0n) is 12.3. The molecule has 1 aromatic rings. The van der Waals surface area contributed by atoms with E-state index in [-0.39, 0.29) is 18.1 Å². The van der Waals surface area contributed by atoms with Gasteiger partial charge in [0.25, 0.3) is 0 Å². The highest BCUT2D eigenvalue weighted by atomic mass is 32.2. The Bertz CT molecular complexity index is 658. The van der Waals surface area contributed by atoms with Gasteiger partial charge in [0.05, 0.1) is 12.3 Å². The Morgan fingerprint density at radius 1 is 1.43 bits per heavy atom. The molecule has 0 bridgehead atoms. The fraction of sp³-hybridized carbons (Fsp3) is 0.615. The molecule has 0 amide bonds. The third kappa shape index (κ3) is 3.38. The van der Waals surface area contributed by atoms with Crippen LogP contribution in [0, 0.1) is 0 Å². The molecule has 2 rings (SSSR count). The fourth-order valence-corrected chi connectivity index (χ4v) is 2.59. The summed E-state index contributed by atoms with van der Waals surface area (Å²) < 4.78 is 28.4. The molecule has 8 heteroatoms. The first-order chi connectivity index (χ1) is 9.84. The molecular formula is C13H19N3O4S. The third-order valence-corrected chi connectivity index (χ3v) is 4.92. The summed E-state index contributed by atoms with van der Waals surface area (Å²) in [6, 6.07) is 0. The molecule has 0 saturated carbocycles. The van der Waals surface area contributed by atoms with Crippen molar-refractivity contribution >= 4 is 15.8 Å². The normalized spacial score (nSPS) is 16.1. The molecule has 0 aliphatic carbocycles. The number of nitrogens with zero attached hydrogens (tertiary/aromatic N) is 2. The second kappa shape index (κ2) is 6.07. The first-order valence-corrected chi connectivity index (χ1v) is 8.76. The lowest BCUT2D eigenvalue weighted by Gasteiger charge is -2.20. The van der Waals surface area contributed by atoms with E-state index >= 15 is 0 Å². The standard InChI is InChI=1S/C13H19N3O4S/c1-4-20-13(17)11-9-7-14-6-5-10(9)15-12(16-11)8(2)21(3,18)19/h8,14H,4-7H2,1-3H3. The number of fused-ring (bicyclic) bond motifs is 1. The van der Waals surface area contributed by atoms with Gasteiger partial charge in [0.2, 0.25) is 0 Å². The number of rotatable bonds is 4. The monoisotopic (exact) mass is 313 g/mol. The molecular weight excluding hydrogens is 294 g/mol. The molecule has 21 heavy (non-hydrogen) atoms. The number of nitrogens with one attached hydrogen (secondary N) is 1. The quantitative estimate of drug-likeness (QED) is 0.804. The summed E-state index contributed by atoms with van der Waals surface area (Å²) in [5, 5.41) is 2.30. The first kappa shape index (κ1) is 15.8. The van der Waals surface area contributed by atoms with Crippen molar-refractivity contribution in [2.45, 2.75) is 32.1 Å². The first-order valence-electron chi connectivity index (χ1n) is 6.81. The van der Waals surface area contributed by atoms with Crippen molar-refractivity contribution in [2.75, 3.05) is 19.4 Å². The van der Waals surface area contributed by atoms with E-state index in [9.17, 15) is 13.2 Å². The number of sulfone groups is 1. The fourth-order valence-electron chi connectivity index (χ4n) is 2.10. The molecule has 7 nitrogen and oxygen atoms in total. The molecule has 2 heterocycles. The average molecular weight is 313 g/mol. The largest absolute Gasteiger partial charge is 0.461 e. The van der Waals surface area contributed by atoms with Crippen molar-refractivity contribution in [1.29, 1.82) is 0 Å². The van der Waals surface area contributed by atoms with Crippen LogP contribution < -0.4 is 5.32 Å². The molecule has 0 fully saturated rings. The Morgan fingerprint density at radius 3 is 2.76 bits per heavy atom. The van der Waals surface area contributed by atoms with E-state index in [4.69, 9.17) is 4.74 Å². The van der Waals surface area contributed by atoms with Crippen LogP contribution in [0.15, 0.2) is 0 Å². The molecule has 0 saturated heterocycles. The van der Waals surface area contributed by atoms with Crippen LogP contribution >= 0.6 is 0 Å². The van der Waals surface area contributed by atoms with Gasteiger partial charge in [0, 0.05) is 31.3 Å². The minimum absolute atomic E-state index is 0.154. The van der Waals surface area contributed by atoms with Crippen LogP contribution in [0.2, 0.25) is 0 Å². The summed E-state index contributed by atoms with van der Waals surface area (Å²) in [6.45, 7) is 4.69. The van der Waals surface area contributed by atoms with E-state index in [1.54, 1.807) is 6.92 Å². The second-order valence-electron chi connectivity index (χ2n) is 4.97. The van der Waals surface area contributed by atoms with Crippen LogP contribution in [0.25, 0.3) is 0 Å². The van der Waals surface area contributed by atoms with Gasteiger partial charge in [-0.3, -0.25) is 0 Å². The lowest BCUT2D eigenvalue weighted by molar-refractivity contribution is 0.0516. The van der Waals surface area contributed by atoms with E-state index in [0.29, 0.717) is 18.5 Å². The molecule has 0 spiro atoms. The van der Waals surface area contributed by atoms with Crippen molar-refractivity contribution in [2.24, 2.45) is 0 Å². The van der Waals surface area contributed by atoms with Crippen LogP contribution in [-0.2, 0) is 27.5 Å². The summed E-state index contributed by atoms with van der Waals surface area (Å²) >= 11 is 0. The lowest BCUT2D eigenvalue weighted by Crippen LogP contribution is -2.29. The Morgan fingerprint density at radius 2 is 2.14 bits per heavy atom. The maximum absolute atomic E-state index is 12.1. The summed E-state index contributed by atoms with van der Waals surface area (Å²) in [5.41, 5.74) is 1.58. The predicted molar refractivity (Wildman–Crippen MR) is 76.7 cm³/mol. The molecule has 1 unspecified atom stereocenters. The maximum atomic E-state index is 12.1. The van der Waals surface area contributed by atoms with Gasteiger partial charge in [-0.15, -0.1) is 0 Å². The molecule has 0 radical (unpaired) electrons. The number of carbonyl (C=O) groups excluding carboxylic acids is 1. The zero-order valence-corrected chi connectivity index (χ0v) is 13.2. The van der Waals surface area contributed by atoms with Crippen molar-refractivity contribution < 1.29 is 17.9 Å². The summed E-state index contributed by atoms with van der Waals surface area (Å²) in [4.78, 5) is 20.6. The molecule has 1 aliphatic rings. The van der Waals surface area contributed by atoms with E-state index in [0.717, 1.165) is 18.5 Å². The van der Waals surface area contributed by atoms with Crippen molar-refractivity contribution in [3.63, 3.8) is 0 Å². The number of esters is 1. The van der Waals surface area contributed by atoms with Crippen LogP contribution in [0.1, 0.15) is 46.7 Å². The molecule has 1 atom stereocenters. The summed E-state index contributed by atoms with van der Waals surface area (Å²) in [6.07, 6.45) is 1.76. The van der Waals surface area contributed by atoms with E-state index in [1.807, 2.05) is 0 Å². The highest BCUT2D eigenvalue weighted by Gasteiger charge is 2.27. The van der Waals surface area contributed by atoms with Crippen LogP contribution in [0.3, 0.4) is 0 Å². The Labute approximate surface area is 124 Å². The van der Waals surface area contributed by atoms with E-state index < -0.39 is 21.1 Å². The highest BCUT2D eigenvalue weighted by Crippen LogP contribution is 2.23. The van der Waals surface area contributed by atoms with Crippen LogP contribution in [0.4, 0.5) is 0 Å². The van der Waals surface area contributed by atoms with Crippen LogP contribution in [0.5, 0.6) is 0 Å². The number of aromatic nitrogens is 2. The van der Waals surface area contributed by atoms with E-state index in [2.05, 4.69) is 15.3 Å². The van der Waals surface area contributed by atoms with Gasteiger partial charge in [-0.1, -0.05) is 0 Å². The molecule has 1 aromatic heterocycles. The van der Waals surface area contributed by atoms with Crippen molar-refractivity contribution in [3.05, 3.63) is 22.8 Å². The molecule has 1 aliphatic heterocycles. The smallest absolute Gasteiger partial charge is 0.357 e. The number of hydrogen-bond donors (Lipinski definition) is 1. The number of hydrogen-bond acceptors (Lipinski definition) is 7. The van der Waals surface area contributed by atoms with Gasteiger partial charge < -0.3 is 10.1 Å². The molecule has 1 N–H and O–H groups in total. The maximum Gasteiger partial charge on any atom is 0.357 e. The Hall–Kier alpha value is -1.54. The minimum Gasteiger partial charge on any atom is -0.461 e. The lowest BCUT2D eigenvalue weighted by atomic mass is 10.0. The zero-order chi connectivity index (χ0) is 15.6. The Kier molecular flexibility index (Phi) is 4.58. The van der Waals surface area contributed by atoms with Gasteiger partial charge >= 0.3 is 5.97 Å². The predicted octanol–water partition coefficient (Wildman–Crippen LogP) is 0.405. The van der Waals surface area contributed by atoms with Gasteiger partial charge in [-0.25, -0.2) is 23.2 Å². The SMILES string of the molecule is CCOC(=O)c1nc(C(C)S(C)(=O)=O)nc2c1CNCC2. The van der Waals surface area contributed by atoms with Gasteiger partial charge in [0.1, 0.15) is 11.1 Å². The Balaban J connectivity index is 2.54. The second-order valence-corrected chi connectivity index (χ2v) is 7.34. The van der Waals surface area contributed by atoms with Crippen molar-refractivity contribution in [3.8, 4) is 0 Å². The average Bonchev–Trinajstić information content (AvgIpc) is 2.44. The minimum atomic E-state index is -3.33. The molecule has 116 valence electrons.